The maximum atomic E-state index is 3.84. The van der Waals surface area contributed by atoms with Crippen molar-refractivity contribution in [3.05, 3.63) is 0 Å². The predicted octanol–water partition coefficient (Wildman–Crippen LogP) is 2.16. The maximum absolute atomic E-state index is 3.84. The Kier molecular flexibility index (Phi) is 5.97. The highest BCUT2D eigenvalue weighted by Crippen LogP contribution is 2.18. The van der Waals surface area contributed by atoms with Gasteiger partial charge in [-0.05, 0) is 9.03 Å². The molecule has 2 nitrogen and oxygen atoms in total. The van der Waals surface area contributed by atoms with Crippen molar-refractivity contribution in [3.63, 3.8) is 0 Å². The van der Waals surface area contributed by atoms with Crippen LogP contribution in [0, 0.1) is 0 Å². The van der Waals surface area contributed by atoms with Gasteiger partial charge in [0.1, 0.15) is 0 Å². The molecule has 0 spiro atoms. The van der Waals surface area contributed by atoms with E-state index >= 15 is 0 Å². The van der Waals surface area contributed by atoms with E-state index in [2.05, 4.69) is 32.1 Å². The van der Waals surface area contributed by atoms with Crippen molar-refractivity contribution in [2.24, 2.45) is 4.52 Å². The average molecular weight is 150 g/mol. The lowest BCUT2D eigenvalue weighted by atomic mass is 10.7. The summed E-state index contributed by atoms with van der Waals surface area (Å²) in [5, 5.41) is 0. The van der Waals surface area contributed by atoms with E-state index in [0.29, 0.717) is 8.88 Å². The van der Waals surface area contributed by atoms with E-state index in [1.54, 1.807) is 0 Å². The normalized spacial score (nSPS) is 11.4. The highest BCUT2D eigenvalue weighted by molar-refractivity contribution is 7.38. The molecule has 0 fully saturated rings. The molecule has 1 atom stereocenters. The lowest BCUT2D eigenvalue weighted by molar-refractivity contribution is 0.516. The standard InChI is InChI=1S/C4H12N2P2/c1-3-6(4-2)8-5-7/h7-8H,3-4H2,1-2H3. The molecule has 0 saturated carbocycles. The fraction of sp³-hybridized carbons (Fsp3) is 1.00. The first kappa shape index (κ1) is 8.49. The van der Waals surface area contributed by atoms with Gasteiger partial charge in [0.05, 0.1) is 8.88 Å². The van der Waals surface area contributed by atoms with E-state index in [1.165, 1.54) is 0 Å². The van der Waals surface area contributed by atoms with Gasteiger partial charge in [-0.25, -0.2) is 4.52 Å². The number of hydrogen-bond donors (Lipinski definition) is 0. The van der Waals surface area contributed by atoms with Crippen LogP contribution in [0.3, 0.4) is 0 Å². The molecular formula is C4H12N2P2. The van der Waals surface area contributed by atoms with Crippen LogP contribution in [0.5, 0.6) is 0 Å². The molecular weight excluding hydrogens is 138 g/mol. The topological polar surface area (TPSA) is 15.6 Å². The molecule has 0 aliphatic rings. The minimum Gasteiger partial charge on any atom is -0.267 e. The third kappa shape index (κ3) is 3.49. The molecule has 0 bridgehead atoms. The summed E-state index contributed by atoms with van der Waals surface area (Å²) in [5.41, 5.74) is 0. The number of rotatable bonds is 4. The maximum Gasteiger partial charge on any atom is 0.0790 e. The number of hydrogen-bond acceptors (Lipinski definition) is 2. The lowest BCUT2D eigenvalue weighted by Crippen LogP contribution is -2.10. The Morgan fingerprint density at radius 3 is 2.12 bits per heavy atom. The highest BCUT2D eigenvalue weighted by atomic mass is 31.1. The van der Waals surface area contributed by atoms with Gasteiger partial charge in [0.25, 0.3) is 0 Å². The predicted molar refractivity (Wildman–Crippen MR) is 42.0 cm³/mol. The molecule has 0 saturated heterocycles. The van der Waals surface area contributed by atoms with Gasteiger partial charge in [-0.3, -0.25) is 4.67 Å². The van der Waals surface area contributed by atoms with Crippen LogP contribution in [0.4, 0.5) is 0 Å². The van der Waals surface area contributed by atoms with Gasteiger partial charge < -0.3 is 0 Å². The first-order chi connectivity index (χ1) is 3.85. The van der Waals surface area contributed by atoms with Crippen LogP contribution in [0.1, 0.15) is 13.8 Å². The van der Waals surface area contributed by atoms with Crippen LogP contribution in [-0.4, -0.2) is 17.8 Å². The molecule has 0 rings (SSSR count). The van der Waals surface area contributed by atoms with E-state index < -0.39 is 0 Å². The van der Waals surface area contributed by atoms with Crippen molar-refractivity contribution in [3.8, 4) is 0 Å². The molecule has 8 heavy (non-hydrogen) atoms. The van der Waals surface area contributed by atoms with Crippen molar-refractivity contribution < 1.29 is 0 Å². The highest BCUT2D eigenvalue weighted by Gasteiger charge is 1.92. The first-order valence-corrected chi connectivity index (χ1v) is 4.06. The minimum absolute atomic E-state index is 0.578. The molecule has 0 aromatic heterocycles. The van der Waals surface area contributed by atoms with E-state index in [-0.39, 0.29) is 0 Å². The summed E-state index contributed by atoms with van der Waals surface area (Å²) < 4.78 is 6.08. The summed E-state index contributed by atoms with van der Waals surface area (Å²) in [6.45, 7) is 6.44. The van der Waals surface area contributed by atoms with Crippen molar-refractivity contribution in [1.29, 1.82) is 0 Å². The summed E-state index contributed by atoms with van der Waals surface area (Å²) in [7, 11) is 3.65. The molecule has 4 heteroatoms. The molecule has 0 aliphatic heterocycles. The summed E-state index contributed by atoms with van der Waals surface area (Å²) in [4.78, 5) is 0. The molecule has 0 N–H and O–H groups in total. The van der Waals surface area contributed by atoms with Crippen LogP contribution < -0.4 is 0 Å². The molecule has 48 valence electrons. The van der Waals surface area contributed by atoms with Crippen molar-refractivity contribution in [2.75, 3.05) is 13.1 Å². The summed E-state index contributed by atoms with van der Waals surface area (Å²) in [6.07, 6.45) is 0. The van der Waals surface area contributed by atoms with Crippen LogP contribution in [-0.2, 0) is 0 Å². The second kappa shape index (κ2) is 5.62. The molecule has 0 aliphatic carbocycles. The minimum atomic E-state index is 0.578. The SMILES string of the molecule is CCN(CC)PN=P. The van der Waals surface area contributed by atoms with Crippen LogP contribution >= 0.6 is 17.9 Å². The quantitative estimate of drug-likeness (QED) is 0.560. The van der Waals surface area contributed by atoms with Crippen molar-refractivity contribution >= 4 is 17.9 Å². The van der Waals surface area contributed by atoms with E-state index in [4.69, 9.17) is 0 Å². The van der Waals surface area contributed by atoms with Crippen LogP contribution in [0.2, 0.25) is 0 Å². The molecule has 1 unspecified atom stereocenters. The second-order valence-corrected chi connectivity index (χ2v) is 3.11. The Morgan fingerprint density at radius 2 is 2.00 bits per heavy atom. The van der Waals surface area contributed by atoms with E-state index in [9.17, 15) is 0 Å². The lowest BCUT2D eigenvalue weighted by Gasteiger charge is -2.12. The zero-order chi connectivity index (χ0) is 6.41. The fourth-order valence-electron chi connectivity index (χ4n) is 0.436. The second-order valence-electron chi connectivity index (χ2n) is 1.38. The van der Waals surface area contributed by atoms with Gasteiger partial charge in [-0.15, -0.1) is 0 Å². The fourth-order valence-corrected chi connectivity index (χ4v) is 1.28. The third-order valence-corrected chi connectivity index (χ3v) is 2.27. The molecule has 0 aromatic rings. The van der Waals surface area contributed by atoms with Gasteiger partial charge >= 0.3 is 0 Å². The average Bonchev–Trinajstić information content (AvgIpc) is 1.83. The first-order valence-electron chi connectivity index (χ1n) is 2.72. The van der Waals surface area contributed by atoms with E-state index in [0.717, 1.165) is 13.1 Å². The van der Waals surface area contributed by atoms with Gasteiger partial charge in [0.15, 0.2) is 0 Å². The molecule has 0 radical (unpaired) electrons. The van der Waals surface area contributed by atoms with Gasteiger partial charge in [0, 0.05) is 13.1 Å². The Morgan fingerprint density at radius 1 is 1.50 bits per heavy atom. The monoisotopic (exact) mass is 150 g/mol. The summed E-state index contributed by atoms with van der Waals surface area (Å²) in [5.74, 6) is 0. The molecule has 0 heterocycles. The van der Waals surface area contributed by atoms with Gasteiger partial charge in [-0.2, -0.15) is 0 Å². The third-order valence-electron chi connectivity index (χ3n) is 0.955. The van der Waals surface area contributed by atoms with Crippen molar-refractivity contribution in [2.45, 2.75) is 13.8 Å². The van der Waals surface area contributed by atoms with Gasteiger partial charge in [0.2, 0.25) is 0 Å². The van der Waals surface area contributed by atoms with E-state index in [1.807, 2.05) is 0 Å². The van der Waals surface area contributed by atoms with Gasteiger partial charge in [-0.1, -0.05) is 13.8 Å². The largest absolute Gasteiger partial charge is 0.267 e. The Hall–Kier alpha value is 0.490. The van der Waals surface area contributed by atoms with Crippen molar-refractivity contribution in [1.82, 2.24) is 4.67 Å². The Labute approximate surface area is 54.9 Å². The summed E-state index contributed by atoms with van der Waals surface area (Å²) in [6, 6.07) is 0. The summed E-state index contributed by atoms with van der Waals surface area (Å²) >= 11 is 0. The Balaban J connectivity index is 3.20. The van der Waals surface area contributed by atoms with Crippen LogP contribution in [0.25, 0.3) is 0 Å². The molecule has 0 aromatic carbocycles. The van der Waals surface area contributed by atoms with Crippen LogP contribution in [0.15, 0.2) is 4.52 Å². The zero-order valence-electron chi connectivity index (χ0n) is 5.31. The number of nitrogens with zero attached hydrogens (tertiary/aromatic N) is 2. The zero-order valence-corrected chi connectivity index (χ0v) is 7.31. The smallest absolute Gasteiger partial charge is 0.0790 e. The molecule has 0 amide bonds. The Bertz CT molecular complexity index is 63.1.